The zero-order valence-corrected chi connectivity index (χ0v) is 13.3. The van der Waals surface area contributed by atoms with E-state index in [0.29, 0.717) is 22.0 Å². The number of hydrogen-bond donors (Lipinski definition) is 1. The van der Waals surface area contributed by atoms with Gasteiger partial charge in [-0.1, -0.05) is 22.8 Å². The van der Waals surface area contributed by atoms with Gasteiger partial charge in [-0.15, -0.1) is 0 Å². The fourth-order valence-corrected chi connectivity index (χ4v) is 2.42. The molecule has 0 saturated heterocycles. The largest absolute Gasteiger partial charge is 0.461 e. The highest BCUT2D eigenvalue weighted by atomic mass is 35.5. The molecule has 1 aromatic carbocycles. The first kappa shape index (κ1) is 16.0. The molecular formula is C15H16ClN3O3. The van der Waals surface area contributed by atoms with Gasteiger partial charge >= 0.3 is 5.97 Å². The number of halogens is 1. The Hall–Kier alpha value is -2.34. The van der Waals surface area contributed by atoms with Gasteiger partial charge in [0.2, 0.25) is 0 Å². The zero-order chi connectivity index (χ0) is 16.3. The summed E-state index contributed by atoms with van der Waals surface area (Å²) < 4.78 is 6.55. The number of nitrogens with zero attached hydrogens (tertiary/aromatic N) is 3. The summed E-state index contributed by atoms with van der Waals surface area (Å²) in [5, 5.41) is 17.2. The van der Waals surface area contributed by atoms with Gasteiger partial charge in [-0.25, -0.2) is 9.48 Å². The predicted molar refractivity (Wildman–Crippen MR) is 83.0 cm³/mol. The quantitative estimate of drug-likeness (QED) is 0.406. The Kier molecular flexibility index (Phi) is 4.82. The van der Waals surface area contributed by atoms with E-state index < -0.39 is 5.97 Å². The van der Waals surface area contributed by atoms with E-state index in [0.717, 1.165) is 5.69 Å². The van der Waals surface area contributed by atoms with Crippen LogP contribution in [0.5, 0.6) is 0 Å². The zero-order valence-electron chi connectivity index (χ0n) is 12.5. The van der Waals surface area contributed by atoms with E-state index in [1.54, 1.807) is 43.7 Å². The number of rotatable bonds is 4. The van der Waals surface area contributed by atoms with Crippen molar-refractivity contribution in [3.05, 3.63) is 46.2 Å². The smallest absolute Gasteiger partial charge is 0.361 e. The number of esters is 1. The highest BCUT2D eigenvalue weighted by Gasteiger charge is 2.25. The third-order valence-corrected chi connectivity index (χ3v) is 3.38. The Balaban J connectivity index is 2.54. The number of oxime groups is 1. The van der Waals surface area contributed by atoms with E-state index in [4.69, 9.17) is 16.3 Å². The van der Waals surface area contributed by atoms with Crippen molar-refractivity contribution in [3.8, 4) is 5.69 Å². The molecule has 22 heavy (non-hydrogen) atoms. The van der Waals surface area contributed by atoms with E-state index in [1.165, 1.54) is 0 Å². The highest BCUT2D eigenvalue weighted by molar-refractivity contribution is 6.43. The number of ether oxygens (including phenoxy) is 1. The number of benzene rings is 1. The van der Waals surface area contributed by atoms with Crippen LogP contribution >= 0.6 is 11.6 Å². The molecule has 1 N–H and O–H groups in total. The van der Waals surface area contributed by atoms with Crippen LogP contribution in [0.1, 0.15) is 23.9 Å². The number of aryl methyl sites for hydroxylation is 1. The SMILES string of the molecule is CCOC(=O)C(=NO)c1c(C)nn(-c2cccc(Cl)c2)c1C. The predicted octanol–water partition coefficient (Wildman–Crippen LogP) is 2.88. The van der Waals surface area contributed by atoms with E-state index in [2.05, 4.69) is 10.3 Å². The number of carbonyl (C=O) groups is 1. The molecule has 0 unspecified atom stereocenters. The molecule has 0 radical (unpaired) electrons. The van der Waals surface area contributed by atoms with Gasteiger partial charge in [-0.2, -0.15) is 5.10 Å². The average Bonchev–Trinajstić information content (AvgIpc) is 2.77. The molecular weight excluding hydrogens is 306 g/mol. The molecule has 0 atom stereocenters. The summed E-state index contributed by atoms with van der Waals surface area (Å²) in [6.07, 6.45) is 0. The molecule has 0 bridgehead atoms. The fraction of sp³-hybridized carbons (Fsp3) is 0.267. The first-order chi connectivity index (χ1) is 10.5. The molecule has 0 aliphatic carbocycles. The van der Waals surface area contributed by atoms with Crippen molar-refractivity contribution in [1.82, 2.24) is 9.78 Å². The molecule has 116 valence electrons. The van der Waals surface area contributed by atoms with Crippen LogP contribution in [0.25, 0.3) is 5.69 Å². The lowest BCUT2D eigenvalue weighted by molar-refractivity contribution is -0.135. The average molecular weight is 322 g/mol. The van der Waals surface area contributed by atoms with Gasteiger partial charge in [0.15, 0.2) is 5.71 Å². The Morgan fingerprint density at radius 2 is 2.18 bits per heavy atom. The maximum absolute atomic E-state index is 11.9. The molecule has 7 heteroatoms. The molecule has 0 amide bonds. The monoisotopic (exact) mass is 321 g/mol. The topological polar surface area (TPSA) is 76.7 Å². The molecule has 0 spiro atoms. The van der Waals surface area contributed by atoms with Crippen LogP contribution in [0, 0.1) is 13.8 Å². The summed E-state index contributed by atoms with van der Waals surface area (Å²) in [6.45, 7) is 5.38. The van der Waals surface area contributed by atoms with Crippen LogP contribution in [-0.2, 0) is 9.53 Å². The first-order valence-electron chi connectivity index (χ1n) is 6.71. The number of aromatic nitrogens is 2. The minimum Gasteiger partial charge on any atom is -0.461 e. The second kappa shape index (κ2) is 6.62. The molecule has 1 heterocycles. The normalized spacial score (nSPS) is 11.5. The minimum atomic E-state index is -0.693. The Morgan fingerprint density at radius 3 is 2.77 bits per heavy atom. The van der Waals surface area contributed by atoms with Crippen molar-refractivity contribution in [2.75, 3.05) is 6.61 Å². The second-order valence-corrected chi connectivity index (χ2v) is 5.04. The van der Waals surface area contributed by atoms with Gasteiger partial charge in [0, 0.05) is 5.02 Å². The van der Waals surface area contributed by atoms with Crippen LogP contribution in [0.2, 0.25) is 5.02 Å². The van der Waals surface area contributed by atoms with Gasteiger partial charge in [0.25, 0.3) is 0 Å². The van der Waals surface area contributed by atoms with Crippen LogP contribution in [-0.4, -0.2) is 33.3 Å². The van der Waals surface area contributed by atoms with Crippen molar-refractivity contribution in [1.29, 1.82) is 0 Å². The molecule has 1 aromatic heterocycles. The summed E-state index contributed by atoms with van der Waals surface area (Å²) >= 11 is 6.00. The minimum absolute atomic E-state index is 0.162. The standard InChI is InChI=1S/C15H16ClN3O3/c1-4-22-15(20)14(18-21)13-9(2)17-19(10(13)3)12-7-5-6-11(16)8-12/h5-8,21H,4H2,1-3H3. The number of carbonyl (C=O) groups excluding carboxylic acids is 1. The molecule has 6 nitrogen and oxygen atoms in total. The highest BCUT2D eigenvalue weighted by Crippen LogP contribution is 2.21. The molecule has 0 aliphatic rings. The summed E-state index contributed by atoms with van der Waals surface area (Å²) in [4.78, 5) is 11.9. The van der Waals surface area contributed by atoms with E-state index in [9.17, 15) is 10.0 Å². The number of hydrogen-bond acceptors (Lipinski definition) is 5. The van der Waals surface area contributed by atoms with E-state index in [1.807, 2.05) is 6.07 Å². The van der Waals surface area contributed by atoms with Crippen LogP contribution in [0.15, 0.2) is 29.4 Å². The molecule has 0 saturated carbocycles. The first-order valence-corrected chi connectivity index (χ1v) is 7.09. The third-order valence-electron chi connectivity index (χ3n) is 3.15. The molecule has 0 aliphatic heterocycles. The summed E-state index contributed by atoms with van der Waals surface area (Å²) in [6, 6.07) is 7.16. The van der Waals surface area contributed by atoms with Crippen molar-refractivity contribution in [2.45, 2.75) is 20.8 Å². The molecule has 2 aromatic rings. The molecule has 2 rings (SSSR count). The van der Waals surface area contributed by atoms with Crippen LogP contribution in [0.4, 0.5) is 0 Å². The summed E-state index contributed by atoms with van der Waals surface area (Å²) in [5.41, 5.74) is 2.24. The lowest BCUT2D eigenvalue weighted by atomic mass is 10.1. The van der Waals surface area contributed by atoms with Gasteiger partial charge in [0.05, 0.1) is 29.2 Å². The van der Waals surface area contributed by atoms with Crippen molar-refractivity contribution in [3.63, 3.8) is 0 Å². The maximum atomic E-state index is 11.9. The van der Waals surface area contributed by atoms with Crippen molar-refractivity contribution < 1.29 is 14.7 Å². The lowest BCUT2D eigenvalue weighted by Crippen LogP contribution is -2.20. The fourth-order valence-electron chi connectivity index (χ4n) is 2.24. The summed E-state index contributed by atoms with van der Waals surface area (Å²) in [5.74, 6) is -0.693. The van der Waals surface area contributed by atoms with Crippen molar-refractivity contribution >= 4 is 23.3 Å². The van der Waals surface area contributed by atoms with E-state index in [-0.39, 0.29) is 12.3 Å². The maximum Gasteiger partial charge on any atom is 0.361 e. The Morgan fingerprint density at radius 1 is 1.45 bits per heavy atom. The van der Waals surface area contributed by atoms with Gasteiger partial charge in [-0.3, -0.25) is 0 Å². The van der Waals surface area contributed by atoms with E-state index >= 15 is 0 Å². The lowest BCUT2D eigenvalue weighted by Gasteiger charge is -2.07. The van der Waals surface area contributed by atoms with Crippen LogP contribution < -0.4 is 0 Å². The van der Waals surface area contributed by atoms with Crippen LogP contribution in [0.3, 0.4) is 0 Å². The van der Waals surface area contributed by atoms with Gasteiger partial charge < -0.3 is 9.94 Å². The second-order valence-electron chi connectivity index (χ2n) is 4.61. The van der Waals surface area contributed by atoms with Gasteiger partial charge in [0.1, 0.15) is 0 Å². The van der Waals surface area contributed by atoms with Gasteiger partial charge in [-0.05, 0) is 39.0 Å². The molecule has 0 fully saturated rings. The Labute approximate surface area is 133 Å². The summed E-state index contributed by atoms with van der Waals surface area (Å²) in [7, 11) is 0. The third kappa shape index (κ3) is 2.96. The van der Waals surface area contributed by atoms with Crippen molar-refractivity contribution in [2.24, 2.45) is 5.16 Å². The Bertz CT molecular complexity index is 738.